The molecule has 2 unspecified atom stereocenters. The van der Waals surface area contributed by atoms with E-state index in [9.17, 15) is 0 Å². The molecule has 0 radical (unpaired) electrons. The minimum absolute atomic E-state index is 0.00720. The number of allylic oxidation sites excluding steroid dienone is 2. The summed E-state index contributed by atoms with van der Waals surface area (Å²) in [5, 5.41) is 0. The Bertz CT molecular complexity index is 2270. The topological polar surface area (TPSA) is 0 Å². The average Bonchev–Trinajstić information content (AvgIpc) is 3.76. The van der Waals surface area contributed by atoms with Gasteiger partial charge in [-0.15, -0.1) is 0 Å². The van der Waals surface area contributed by atoms with Crippen molar-refractivity contribution in [2.75, 3.05) is 0 Å². The zero-order valence-electron chi connectivity index (χ0n) is 42.2. The van der Waals surface area contributed by atoms with Crippen LogP contribution in [0.5, 0.6) is 0 Å². The van der Waals surface area contributed by atoms with Gasteiger partial charge in [0.25, 0.3) is 0 Å². The molecule has 4 aromatic carbocycles. The van der Waals surface area contributed by atoms with Crippen LogP contribution in [-0.4, -0.2) is 0 Å². The molecule has 0 fully saturated rings. The number of hydrogen-bond acceptors (Lipinski definition) is 0. The molecule has 61 heavy (non-hydrogen) atoms. The minimum atomic E-state index is -5.13. The average molecular weight is 938 g/mol. The molecule has 0 saturated carbocycles. The first-order chi connectivity index (χ1) is 27.8. The summed E-state index contributed by atoms with van der Waals surface area (Å²) in [5.74, 6) is 0. The summed E-state index contributed by atoms with van der Waals surface area (Å²) in [6, 6.07) is 14.8. The molecule has 0 spiro atoms. The zero-order valence-corrected chi connectivity index (χ0v) is 46.1. The number of rotatable bonds is 7. The SMILES string of the molecule is CCC1=Cc2c(-c3cc(C(C)(C)C)cc(C(C)(C)C)c3)c(C)c(C)c(C)c2[CH]1[Zr]([Cl])([Cl])([CH2]C)[CH]1C(CC)=Cc2c(-c3cc(C(C)(C)C)cc(C(C)(C)C)c3)c(C)c(C)c(C)c21. The van der Waals surface area contributed by atoms with E-state index in [0.29, 0.717) is 0 Å². The molecule has 4 aromatic rings. The van der Waals surface area contributed by atoms with Gasteiger partial charge in [-0.3, -0.25) is 0 Å². The first-order valence-electron chi connectivity index (χ1n) is 23.4. The third-order valence-electron chi connectivity index (χ3n) is 15.5. The van der Waals surface area contributed by atoms with Gasteiger partial charge >= 0.3 is 385 Å². The summed E-state index contributed by atoms with van der Waals surface area (Å²) in [7, 11) is 17.9. The quantitative estimate of drug-likeness (QED) is 0.173. The van der Waals surface area contributed by atoms with E-state index in [2.05, 4.69) is 194 Å². The van der Waals surface area contributed by atoms with Crippen molar-refractivity contribution in [1.82, 2.24) is 0 Å². The molecule has 3 heteroatoms. The van der Waals surface area contributed by atoms with Crippen LogP contribution in [-0.2, 0) is 38.1 Å². The maximum absolute atomic E-state index is 8.95. The number of halogens is 2. The van der Waals surface area contributed by atoms with E-state index in [-0.39, 0.29) is 28.9 Å². The van der Waals surface area contributed by atoms with E-state index in [0.717, 1.165) is 17.0 Å². The Hall–Kier alpha value is -2.18. The van der Waals surface area contributed by atoms with Crippen molar-refractivity contribution in [3.63, 3.8) is 0 Å². The third kappa shape index (κ3) is 8.03. The molecule has 0 bridgehead atoms. The summed E-state index contributed by atoms with van der Waals surface area (Å²) in [5.41, 5.74) is 27.5. The summed E-state index contributed by atoms with van der Waals surface area (Å²) in [6.07, 6.45) is 6.95. The van der Waals surface area contributed by atoms with Crippen molar-refractivity contribution in [1.29, 1.82) is 0 Å². The molecule has 0 aromatic heterocycles. The fourth-order valence-corrected chi connectivity index (χ4v) is 29.5. The third-order valence-corrected chi connectivity index (χ3v) is 36.2. The Balaban J connectivity index is 1.70. The van der Waals surface area contributed by atoms with Crippen molar-refractivity contribution < 1.29 is 16.4 Å². The second kappa shape index (κ2) is 15.8. The van der Waals surface area contributed by atoms with Crippen LogP contribution >= 0.6 is 17.0 Å². The normalized spacial score (nSPS) is 17.9. The van der Waals surface area contributed by atoms with Crippen LogP contribution in [0.2, 0.25) is 4.13 Å². The van der Waals surface area contributed by atoms with E-state index in [1.54, 1.807) is 0 Å². The predicted octanol–water partition coefficient (Wildman–Crippen LogP) is 18.9. The molecular formula is C58H79Cl2Zr. The van der Waals surface area contributed by atoms with Crippen LogP contribution in [0, 0.1) is 41.5 Å². The Kier molecular flexibility index (Phi) is 12.5. The van der Waals surface area contributed by atoms with Crippen molar-refractivity contribution in [3.05, 3.63) is 125 Å². The van der Waals surface area contributed by atoms with Gasteiger partial charge in [0.05, 0.1) is 0 Å². The molecular weight excluding hydrogens is 859 g/mol. The summed E-state index contributed by atoms with van der Waals surface area (Å²) < 4.78 is 0.818. The molecule has 0 nitrogen and oxygen atoms in total. The van der Waals surface area contributed by atoms with Gasteiger partial charge in [-0.25, -0.2) is 0 Å². The van der Waals surface area contributed by atoms with Crippen molar-refractivity contribution >= 4 is 29.2 Å². The van der Waals surface area contributed by atoms with E-state index in [1.807, 2.05) is 0 Å². The molecule has 0 amide bonds. The first kappa shape index (κ1) is 48.3. The van der Waals surface area contributed by atoms with E-state index < -0.39 is 16.4 Å². The molecule has 2 aliphatic rings. The summed E-state index contributed by atoms with van der Waals surface area (Å²) >= 11 is -5.13. The Labute approximate surface area is 381 Å². The van der Waals surface area contributed by atoms with E-state index in [1.165, 1.54) is 111 Å². The van der Waals surface area contributed by atoms with Gasteiger partial charge in [0.2, 0.25) is 0 Å². The molecule has 6 rings (SSSR count). The Morgan fingerprint density at radius 2 is 0.705 bits per heavy atom. The van der Waals surface area contributed by atoms with Gasteiger partial charge in [-0.1, -0.05) is 0 Å². The molecule has 329 valence electrons. The number of fused-ring (bicyclic) bond motifs is 2. The standard InChI is InChI=1S/2C28H37.C2H5.2ClH.Zr/c2*1-11-20-12-24-18(3)17(2)19(4)26(25(24)13-20)21-14-22(27(5,6)7)16-23(15-21)28(8,9)10;1-2;;;/h2*12-16H,11H2,1-10H3;1H2,2H3;2*1H;/q;;;;;+2/p-2. The second-order valence-corrected chi connectivity index (χ2v) is 46.4. The van der Waals surface area contributed by atoms with Crippen molar-refractivity contribution in [2.45, 2.75) is 191 Å². The van der Waals surface area contributed by atoms with Crippen LogP contribution in [0.1, 0.15) is 202 Å². The van der Waals surface area contributed by atoms with Crippen LogP contribution < -0.4 is 0 Å². The summed E-state index contributed by atoms with van der Waals surface area (Å²) in [4.78, 5) is 0. The predicted molar refractivity (Wildman–Crippen MR) is 271 cm³/mol. The van der Waals surface area contributed by atoms with Crippen molar-refractivity contribution in [3.8, 4) is 22.3 Å². The molecule has 0 saturated heterocycles. The van der Waals surface area contributed by atoms with Gasteiger partial charge < -0.3 is 0 Å². The van der Waals surface area contributed by atoms with Gasteiger partial charge in [-0.2, -0.15) is 0 Å². The fraction of sp³-hybridized carbons (Fsp3) is 0.517. The Morgan fingerprint density at radius 1 is 0.426 bits per heavy atom. The maximum atomic E-state index is 8.95. The van der Waals surface area contributed by atoms with Crippen molar-refractivity contribution in [2.24, 2.45) is 0 Å². The van der Waals surface area contributed by atoms with Gasteiger partial charge in [0, 0.05) is 0 Å². The van der Waals surface area contributed by atoms with Gasteiger partial charge in [0.15, 0.2) is 0 Å². The Morgan fingerprint density at radius 3 is 0.934 bits per heavy atom. The monoisotopic (exact) mass is 935 g/mol. The number of hydrogen-bond donors (Lipinski definition) is 0. The van der Waals surface area contributed by atoms with Crippen LogP contribution in [0.4, 0.5) is 0 Å². The zero-order chi connectivity index (χ0) is 45.9. The molecule has 0 aliphatic heterocycles. The molecule has 2 atom stereocenters. The van der Waals surface area contributed by atoms with E-state index in [4.69, 9.17) is 17.0 Å². The second-order valence-electron chi connectivity index (χ2n) is 23.5. The summed E-state index contributed by atoms with van der Waals surface area (Å²) in [6.45, 7) is 49.2. The first-order valence-corrected chi connectivity index (χ1v) is 34.3. The van der Waals surface area contributed by atoms with Gasteiger partial charge in [0.1, 0.15) is 0 Å². The van der Waals surface area contributed by atoms with E-state index >= 15 is 0 Å². The number of benzene rings is 4. The molecule has 2 aliphatic carbocycles. The molecule has 0 N–H and O–H groups in total. The van der Waals surface area contributed by atoms with Crippen LogP contribution in [0.15, 0.2) is 47.5 Å². The molecule has 0 heterocycles. The fourth-order valence-electron chi connectivity index (χ4n) is 10.9. The van der Waals surface area contributed by atoms with Crippen LogP contribution in [0.3, 0.4) is 0 Å². The van der Waals surface area contributed by atoms with Gasteiger partial charge in [-0.05, 0) is 0 Å². The van der Waals surface area contributed by atoms with Crippen LogP contribution in [0.25, 0.3) is 34.4 Å².